The highest BCUT2D eigenvalue weighted by atomic mass is 32.2. The van der Waals surface area contributed by atoms with Gasteiger partial charge in [0.25, 0.3) is 0 Å². The van der Waals surface area contributed by atoms with E-state index < -0.39 is 4.93 Å². The van der Waals surface area contributed by atoms with Crippen LogP contribution >= 0.6 is 23.5 Å². The van der Waals surface area contributed by atoms with Crippen LogP contribution in [0.1, 0.15) is 33.1 Å². The van der Waals surface area contributed by atoms with Gasteiger partial charge in [-0.1, -0.05) is 25.8 Å². The Bertz CT molecular complexity index is 316. The van der Waals surface area contributed by atoms with Gasteiger partial charge in [-0.05, 0) is 19.4 Å². The second kappa shape index (κ2) is 2.55. The van der Waals surface area contributed by atoms with Crippen molar-refractivity contribution in [1.29, 1.82) is 0 Å². The van der Waals surface area contributed by atoms with Crippen LogP contribution in [0.3, 0.4) is 0 Å². The molecule has 3 aliphatic rings. The van der Waals surface area contributed by atoms with Crippen molar-refractivity contribution in [1.82, 2.24) is 0 Å². The van der Waals surface area contributed by atoms with E-state index in [9.17, 15) is 5.11 Å². The van der Waals surface area contributed by atoms with E-state index in [2.05, 4.69) is 31.7 Å². The summed E-state index contributed by atoms with van der Waals surface area (Å²) in [6.07, 6.45) is 8.07. The Morgan fingerprint density at radius 3 is 3.00 bits per heavy atom. The topological polar surface area (TPSA) is 20.2 Å². The number of thioether (sulfide) groups is 2. The van der Waals surface area contributed by atoms with Crippen LogP contribution in [0.5, 0.6) is 0 Å². The number of fused-ring (bicyclic) bond motifs is 3. The molecule has 0 radical (unpaired) electrons. The number of rotatable bonds is 3. The standard InChI is InChI=1S/C11H16OS2/c1-3-4-6-10-8(13-10)5-7-11(12)9(10,2)14-11/h5,7-8,12H,3-4,6H2,1-2H3. The molecular weight excluding hydrogens is 212 g/mol. The van der Waals surface area contributed by atoms with E-state index in [0.717, 1.165) is 0 Å². The molecule has 0 aromatic heterocycles. The molecule has 1 nitrogen and oxygen atoms in total. The average Bonchev–Trinajstić information content (AvgIpc) is 2.97. The quantitative estimate of drug-likeness (QED) is 0.592. The van der Waals surface area contributed by atoms with E-state index in [1.54, 1.807) is 11.8 Å². The Hall–Kier alpha value is 0.400. The highest BCUT2D eigenvalue weighted by Gasteiger charge is 2.82. The predicted octanol–water partition coefficient (Wildman–Crippen LogP) is 2.79. The van der Waals surface area contributed by atoms with Crippen LogP contribution in [-0.2, 0) is 0 Å². The molecule has 78 valence electrons. The molecule has 0 amide bonds. The number of hydrogen-bond acceptors (Lipinski definition) is 3. The minimum atomic E-state index is -0.527. The molecule has 1 aliphatic carbocycles. The fraction of sp³-hybridized carbons (Fsp3) is 0.818. The van der Waals surface area contributed by atoms with Crippen molar-refractivity contribution < 1.29 is 5.11 Å². The van der Waals surface area contributed by atoms with Crippen LogP contribution in [-0.4, -0.2) is 24.8 Å². The van der Waals surface area contributed by atoms with Crippen LogP contribution < -0.4 is 0 Å². The Morgan fingerprint density at radius 1 is 1.50 bits per heavy atom. The molecule has 0 spiro atoms. The van der Waals surface area contributed by atoms with Gasteiger partial charge in [-0.15, -0.1) is 23.5 Å². The normalized spacial score (nSPS) is 57.8. The van der Waals surface area contributed by atoms with Crippen molar-refractivity contribution in [2.45, 2.75) is 52.8 Å². The third-order valence-corrected chi connectivity index (χ3v) is 7.66. The molecule has 2 fully saturated rings. The molecule has 3 heteroatoms. The van der Waals surface area contributed by atoms with E-state index in [-0.39, 0.29) is 4.75 Å². The molecule has 0 bridgehead atoms. The number of aliphatic hydroxyl groups is 1. The van der Waals surface area contributed by atoms with Gasteiger partial charge in [0.2, 0.25) is 0 Å². The second-order valence-electron chi connectivity index (χ2n) is 4.72. The fourth-order valence-electron chi connectivity index (χ4n) is 2.74. The van der Waals surface area contributed by atoms with Gasteiger partial charge < -0.3 is 5.11 Å². The van der Waals surface area contributed by atoms with Gasteiger partial charge in [0.05, 0.1) is 9.49 Å². The lowest BCUT2D eigenvalue weighted by Crippen LogP contribution is -2.40. The lowest BCUT2D eigenvalue weighted by atomic mass is 9.79. The summed E-state index contributed by atoms with van der Waals surface area (Å²) in [6.45, 7) is 4.48. The SMILES string of the molecule is CCCCC12SC1C=CC1(O)SC12C. The van der Waals surface area contributed by atoms with Gasteiger partial charge in [0.1, 0.15) is 4.93 Å². The third-order valence-electron chi connectivity index (χ3n) is 3.95. The fourth-order valence-corrected chi connectivity index (χ4v) is 6.13. The molecule has 14 heavy (non-hydrogen) atoms. The third kappa shape index (κ3) is 0.896. The Morgan fingerprint density at radius 2 is 2.29 bits per heavy atom. The molecule has 0 aromatic carbocycles. The van der Waals surface area contributed by atoms with Crippen molar-refractivity contribution in [3.05, 3.63) is 12.2 Å². The Balaban J connectivity index is 1.87. The van der Waals surface area contributed by atoms with E-state index in [4.69, 9.17) is 0 Å². The van der Waals surface area contributed by atoms with E-state index in [1.165, 1.54) is 19.3 Å². The van der Waals surface area contributed by atoms with Gasteiger partial charge in [0, 0.05) is 5.25 Å². The summed E-state index contributed by atoms with van der Waals surface area (Å²) in [6, 6.07) is 0. The maximum Gasteiger partial charge on any atom is 0.145 e. The monoisotopic (exact) mass is 228 g/mol. The largest absolute Gasteiger partial charge is 0.374 e. The van der Waals surface area contributed by atoms with Gasteiger partial charge in [0.15, 0.2) is 0 Å². The first-order valence-corrected chi connectivity index (χ1v) is 7.07. The van der Waals surface area contributed by atoms with Gasteiger partial charge in [-0.25, -0.2) is 0 Å². The van der Waals surface area contributed by atoms with E-state index in [1.807, 2.05) is 6.08 Å². The summed E-state index contributed by atoms with van der Waals surface area (Å²) in [5.74, 6) is 0. The first kappa shape index (κ1) is 9.61. The zero-order valence-corrected chi connectivity index (χ0v) is 10.3. The minimum Gasteiger partial charge on any atom is -0.374 e. The lowest BCUT2D eigenvalue weighted by molar-refractivity contribution is 0.170. The molecule has 4 atom stereocenters. The first-order valence-electron chi connectivity index (χ1n) is 5.38. The molecular formula is C11H16OS2. The molecule has 2 saturated heterocycles. The van der Waals surface area contributed by atoms with Crippen LogP contribution in [0.2, 0.25) is 0 Å². The van der Waals surface area contributed by atoms with Crippen molar-refractivity contribution in [3.63, 3.8) is 0 Å². The molecule has 2 heterocycles. The van der Waals surface area contributed by atoms with Crippen molar-refractivity contribution in [2.24, 2.45) is 0 Å². The molecule has 3 rings (SSSR count). The molecule has 2 aliphatic heterocycles. The first-order chi connectivity index (χ1) is 6.58. The smallest absolute Gasteiger partial charge is 0.145 e. The predicted molar refractivity (Wildman–Crippen MR) is 63.7 cm³/mol. The molecule has 1 N–H and O–H groups in total. The minimum absolute atomic E-state index is 0.110. The van der Waals surface area contributed by atoms with Gasteiger partial charge >= 0.3 is 0 Å². The van der Waals surface area contributed by atoms with Gasteiger partial charge in [-0.3, -0.25) is 0 Å². The van der Waals surface area contributed by atoms with Crippen LogP contribution in [0.15, 0.2) is 12.2 Å². The summed E-state index contributed by atoms with van der Waals surface area (Å²) >= 11 is 3.82. The van der Waals surface area contributed by atoms with Crippen molar-refractivity contribution in [2.75, 3.05) is 0 Å². The number of unbranched alkanes of at least 4 members (excludes halogenated alkanes) is 1. The Kier molecular flexibility index (Phi) is 1.75. The second-order valence-corrected chi connectivity index (χ2v) is 7.84. The van der Waals surface area contributed by atoms with Gasteiger partial charge in [-0.2, -0.15) is 0 Å². The molecule has 0 saturated carbocycles. The van der Waals surface area contributed by atoms with Crippen molar-refractivity contribution >= 4 is 23.5 Å². The van der Waals surface area contributed by atoms with Crippen molar-refractivity contribution in [3.8, 4) is 0 Å². The summed E-state index contributed by atoms with van der Waals surface area (Å²) in [7, 11) is 0. The summed E-state index contributed by atoms with van der Waals surface area (Å²) in [5, 5.41) is 10.9. The van der Waals surface area contributed by atoms with Crippen LogP contribution in [0.25, 0.3) is 0 Å². The Labute approximate surface area is 93.7 Å². The highest BCUT2D eigenvalue weighted by Crippen LogP contribution is 2.82. The summed E-state index contributed by atoms with van der Waals surface area (Å²) in [4.78, 5) is -0.527. The maximum atomic E-state index is 10.2. The highest BCUT2D eigenvalue weighted by molar-refractivity contribution is 8.15. The summed E-state index contributed by atoms with van der Waals surface area (Å²) in [5.41, 5.74) is 0. The van der Waals surface area contributed by atoms with E-state index >= 15 is 0 Å². The molecule has 0 aromatic rings. The maximum absolute atomic E-state index is 10.2. The van der Waals surface area contributed by atoms with Crippen LogP contribution in [0.4, 0.5) is 0 Å². The zero-order valence-electron chi connectivity index (χ0n) is 8.62. The van der Waals surface area contributed by atoms with E-state index in [0.29, 0.717) is 10.00 Å². The summed E-state index contributed by atoms with van der Waals surface area (Å²) < 4.78 is 0.483. The average molecular weight is 228 g/mol. The van der Waals surface area contributed by atoms with Crippen LogP contribution in [0, 0.1) is 0 Å². The molecule has 4 unspecified atom stereocenters. The number of hydrogen-bond donors (Lipinski definition) is 1. The lowest BCUT2D eigenvalue weighted by Gasteiger charge is -2.25. The zero-order chi connectivity index (χ0) is 10.0.